The van der Waals surface area contributed by atoms with Gasteiger partial charge in [-0.05, 0) is 31.0 Å². The predicted octanol–water partition coefficient (Wildman–Crippen LogP) is 3.93. The Hall–Kier alpha value is -2.47. The van der Waals surface area contributed by atoms with Gasteiger partial charge in [-0.3, -0.25) is 4.79 Å². The third-order valence-corrected chi connectivity index (χ3v) is 3.22. The van der Waals surface area contributed by atoms with Gasteiger partial charge >= 0.3 is 0 Å². The molecule has 0 spiro atoms. The lowest BCUT2D eigenvalue weighted by Crippen LogP contribution is -2.13. The Morgan fingerprint density at radius 1 is 1.20 bits per heavy atom. The van der Waals surface area contributed by atoms with Crippen molar-refractivity contribution in [2.75, 3.05) is 0 Å². The lowest BCUT2D eigenvalue weighted by atomic mass is 9.90. The average Bonchev–Trinajstić information content (AvgIpc) is 2.42. The summed E-state index contributed by atoms with van der Waals surface area (Å²) in [6.45, 7) is 3.48. The minimum absolute atomic E-state index is 0.0296. The number of benzene rings is 2. The number of aryl methyl sites for hydroxylation is 2. The molecular formula is C17H14FNO. The van der Waals surface area contributed by atoms with Gasteiger partial charge in [0.25, 0.3) is 0 Å². The number of hydrogen-bond acceptors (Lipinski definition) is 2. The smallest absolute Gasteiger partial charge is 0.187 e. The number of hydrogen-bond donors (Lipinski definition) is 0. The maximum Gasteiger partial charge on any atom is 0.187 e. The third-order valence-electron chi connectivity index (χ3n) is 3.22. The van der Waals surface area contributed by atoms with Gasteiger partial charge in [0.05, 0.1) is 11.6 Å². The Labute approximate surface area is 117 Å². The number of rotatable bonds is 3. The third kappa shape index (κ3) is 2.60. The van der Waals surface area contributed by atoms with Crippen LogP contribution in [0.2, 0.25) is 0 Å². The van der Waals surface area contributed by atoms with Gasteiger partial charge in [0.2, 0.25) is 0 Å². The lowest BCUT2D eigenvalue weighted by molar-refractivity contribution is 0.0975. The molecule has 2 aromatic rings. The highest BCUT2D eigenvalue weighted by Crippen LogP contribution is 2.23. The molecule has 0 fully saturated rings. The van der Waals surface area contributed by atoms with Crippen molar-refractivity contribution in [2.45, 2.75) is 19.8 Å². The van der Waals surface area contributed by atoms with Gasteiger partial charge in [-0.1, -0.05) is 42.0 Å². The van der Waals surface area contributed by atoms with Crippen LogP contribution in [0.3, 0.4) is 0 Å². The number of halogens is 1. The van der Waals surface area contributed by atoms with Crippen LogP contribution in [0, 0.1) is 31.0 Å². The molecule has 0 bridgehead atoms. The topological polar surface area (TPSA) is 40.9 Å². The standard InChI is InChI=1S/C17H14FNO/c1-11-5-3-7-13(9-11)15(10-19)17(20)14-8-4-6-12(2)16(14)18/h3-9,15H,1-2H3. The van der Waals surface area contributed by atoms with E-state index < -0.39 is 17.5 Å². The van der Waals surface area contributed by atoms with Gasteiger partial charge < -0.3 is 0 Å². The van der Waals surface area contributed by atoms with Gasteiger partial charge in [-0.2, -0.15) is 5.26 Å². The lowest BCUT2D eigenvalue weighted by Gasteiger charge is -2.11. The second-order valence-corrected chi connectivity index (χ2v) is 4.78. The van der Waals surface area contributed by atoms with Gasteiger partial charge in [0.15, 0.2) is 5.78 Å². The van der Waals surface area contributed by atoms with E-state index in [1.807, 2.05) is 19.1 Å². The first kappa shape index (κ1) is 14.0. The van der Waals surface area contributed by atoms with Crippen LogP contribution in [0.5, 0.6) is 0 Å². The molecule has 0 aliphatic heterocycles. The fourth-order valence-electron chi connectivity index (χ4n) is 2.13. The van der Waals surface area contributed by atoms with Crippen molar-refractivity contribution in [1.29, 1.82) is 5.26 Å². The molecule has 0 aliphatic carbocycles. The van der Waals surface area contributed by atoms with E-state index in [4.69, 9.17) is 0 Å². The monoisotopic (exact) mass is 267 g/mol. The van der Waals surface area contributed by atoms with E-state index in [1.165, 1.54) is 6.07 Å². The highest BCUT2D eigenvalue weighted by atomic mass is 19.1. The summed E-state index contributed by atoms with van der Waals surface area (Å²) in [5.41, 5.74) is 1.92. The summed E-state index contributed by atoms with van der Waals surface area (Å²) in [6.07, 6.45) is 0. The molecule has 0 amide bonds. The Balaban J connectivity index is 2.45. The molecule has 0 radical (unpaired) electrons. The zero-order valence-electron chi connectivity index (χ0n) is 11.4. The fraction of sp³-hybridized carbons (Fsp3) is 0.176. The summed E-state index contributed by atoms with van der Waals surface area (Å²) in [7, 11) is 0. The largest absolute Gasteiger partial charge is 0.292 e. The van der Waals surface area contributed by atoms with Crippen LogP contribution in [0.25, 0.3) is 0 Å². The second kappa shape index (κ2) is 5.66. The van der Waals surface area contributed by atoms with E-state index >= 15 is 0 Å². The summed E-state index contributed by atoms with van der Waals surface area (Å²) < 4.78 is 14.0. The number of Topliss-reactive ketones (excluding diaryl/α,β-unsaturated/α-hetero) is 1. The molecule has 0 saturated carbocycles. The molecule has 100 valence electrons. The molecule has 3 heteroatoms. The van der Waals surface area contributed by atoms with Crippen LogP contribution in [-0.4, -0.2) is 5.78 Å². The molecule has 0 heterocycles. The molecule has 2 aromatic carbocycles. The van der Waals surface area contributed by atoms with E-state index in [-0.39, 0.29) is 5.56 Å². The molecule has 1 atom stereocenters. The summed E-state index contributed by atoms with van der Waals surface area (Å²) in [6, 6.07) is 13.8. The molecule has 0 N–H and O–H groups in total. The number of carbonyl (C=O) groups is 1. The van der Waals surface area contributed by atoms with Crippen molar-refractivity contribution in [3.63, 3.8) is 0 Å². The van der Waals surface area contributed by atoms with Gasteiger partial charge in [0, 0.05) is 0 Å². The van der Waals surface area contributed by atoms with Crippen LogP contribution in [0.1, 0.15) is 33.0 Å². The van der Waals surface area contributed by atoms with E-state index in [9.17, 15) is 14.4 Å². The van der Waals surface area contributed by atoms with Gasteiger partial charge in [-0.15, -0.1) is 0 Å². The summed E-state index contributed by atoms with van der Waals surface area (Å²) >= 11 is 0. The first-order valence-corrected chi connectivity index (χ1v) is 6.30. The molecule has 0 saturated heterocycles. The zero-order valence-corrected chi connectivity index (χ0v) is 11.4. The summed E-state index contributed by atoms with van der Waals surface area (Å²) in [5.74, 6) is -2.03. The quantitative estimate of drug-likeness (QED) is 0.790. The maximum atomic E-state index is 14.0. The van der Waals surface area contributed by atoms with Crippen molar-refractivity contribution in [2.24, 2.45) is 0 Å². The first-order chi connectivity index (χ1) is 9.54. The number of nitrogens with zero attached hydrogens (tertiary/aromatic N) is 1. The molecular weight excluding hydrogens is 253 g/mol. The number of nitriles is 1. The van der Waals surface area contributed by atoms with Crippen molar-refractivity contribution < 1.29 is 9.18 Å². The molecule has 0 aliphatic rings. The van der Waals surface area contributed by atoms with Crippen molar-refractivity contribution in [3.8, 4) is 6.07 Å². The molecule has 0 aromatic heterocycles. The first-order valence-electron chi connectivity index (χ1n) is 6.30. The van der Waals surface area contributed by atoms with Crippen LogP contribution in [0.4, 0.5) is 4.39 Å². The van der Waals surface area contributed by atoms with E-state index in [0.29, 0.717) is 11.1 Å². The maximum absolute atomic E-state index is 14.0. The highest BCUT2D eigenvalue weighted by Gasteiger charge is 2.24. The second-order valence-electron chi connectivity index (χ2n) is 4.78. The Bertz CT molecular complexity index is 700. The minimum atomic E-state index is -0.980. The number of carbonyl (C=O) groups excluding carboxylic acids is 1. The average molecular weight is 267 g/mol. The van der Waals surface area contributed by atoms with Crippen LogP contribution >= 0.6 is 0 Å². The van der Waals surface area contributed by atoms with E-state index in [0.717, 1.165) is 5.56 Å². The Kier molecular flexibility index (Phi) is 3.95. The fourth-order valence-corrected chi connectivity index (χ4v) is 2.13. The van der Waals surface area contributed by atoms with Crippen LogP contribution in [-0.2, 0) is 0 Å². The van der Waals surface area contributed by atoms with E-state index in [2.05, 4.69) is 0 Å². The van der Waals surface area contributed by atoms with Gasteiger partial charge in [-0.25, -0.2) is 4.39 Å². The zero-order chi connectivity index (χ0) is 14.7. The number of ketones is 1. The van der Waals surface area contributed by atoms with Crippen molar-refractivity contribution >= 4 is 5.78 Å². The SMILES string of the molecule is Cc1cccc(C(C#N)C(=O)c2cccc(C)c2F)c1. The summed E-state index contributed by atoms with van der Waals surface area (Å²) in [5, 5.41) is 9.27. The Morgan fingerprint density at radius 2 is 1.90 bits per heavy atom. The molecule has 1 unspecified atom stereocenters. The molecule has 20 heavy (non-hydrogen) atoms. The molecule has 2 nitrogen and oxygen atoms in total. The van der Waals surface area contributed by atoms with Crippen molar-refractivity contribution in [3.05, 3.63) is 70.5 Å². The van der Waals surface area contributed by atoms with E-state index in [1.54, 1.807) is 37.3 Å². The minimum Gasteiger partial charge on any atom is -0.292 e. The normalized spacial score (nSPS) is 11.7. The predicted molar refractivity (Wildman–Crippen MR) is 75.0 cm³/mol. The van der Waals surface area contributed by atoms with Gasteiger partial charge in [0.1, 0.15) is 11.7 Å². The Morgan fingerprint density at radius 3 is 2.55 bits per heavy atom. The van der Waals surface area contributed by atoms with Crippen LogP contribution < -0.4 is 0 Å². The molecule has 2 rings (SSSR count). The van der Waals surface area contributed by atoms with Crippen LogP contribution in [0.15, 0.2) is 42.5 Å². The highest BCUT2D eigenvalue weighted by molar-refractivity contribution is 6.03. The van der Waals surface area contributed by atoms with Crippen molar-refractivity contribution in [1.82, 2.24) is 0 Å². The summed E-state index contributed by atoms with van der Waals surface area (Å²) in [4.78, 5) is 12.4.